The molecule has 0 amide bonds. The summed E-state index contributed by atoms with van der Waals surface area (Å²) < 4.78 is 35.5. The second-order valence-corrected chi connectivity index (χ2v) is 4.33. The van der Waals surface area contributed by atoms with Crippen LogP contribution in [0, 0.1) is 11.8 Å². The van der Waals surface area contributed by atoms with Gasteiger partial charge in [0.25, 0.3) is 10.1 Å². The van der Waals surface area contributed by atoms with Crippen molar-refractivity contribution in [3.63, 3.8) is 0 Å². The van der Waals surface area contributed by atoms with Crippen LogP contribution in [-0.4, -0.2) is 25.5 Å². The van der Waals surface area contributed by atoms with Crippen LogP contribution in [-0.2, 0) is 19.6 Å². The maximum absolute atomic E-state index is 11.0. The van der Waals surface area contributed by atoms with E-state index in [0.29, 0.717) is 0 Å². The molecule has 0 aromatic heterocycles. The quantitative estimate of drug-likeness (QED) is 0.480. The molecule has 1 aromatic rings. The number of hydrogen-bond donors (Lipinski definition) is 1. The third kappa shape index (κ3) is 3.90. The molecule has 5 nitrogen and oxygen atoms in total. The summed E-state index contributed by atoms with van der Waals surface area (Å²) in [6.45, 7) is 1.82. The summed E-state index contributed by atoms with van der Waals surface area (Å²) in [5.41, 5.74) is 0.0445. The SMILES string of the molecule is CCOC(=O)C#Cc1ccccc1S(=O)(=O)O. The molecule has 0 spiro atoms. The van der Waals surface area contributed by atoms with E-state index in [4.69, 9.17) is 4.55 Å². The maximum Gasteiger partial charge on any atom is 0.384 e. The second-order valence-electron chi connectivity index (χ2n) is 2.94. The van der Waals surface area contributed by atoms with Gasteiger partial charge in [0.2, 0.25) is 0 Å². The van der Waals surface area contributed by atoms with Crippen LogP contribution in [0.3, 0.4) is 0 Å². The van der Waals surface area contributed by atoms with Crippen LogP contribution in [0.25, 0.3) is 0 Å². The Bertz CT molecular complexity index is 577. The molecule has 0 aliphatic rings. The lowest BCUT2D eigenvalue weighted by atomic mass is 10.2. The normalized spacial score (nSPS) is 10.2. The first kappa shape index (κ1) is 13.2. The molecule has 90 valence electrons. The highest BCUT2D eigenvalue weighted by atomic mass is 32.2. The summed E-state index contributed by atoms with van der Waals surface area (Å²) in [4.78, 5) is 10.6. The van der Waals surface area contributed by atoms with E-state index in [9.17, 15) is 13.2 Å². The maximum atomic E-state index is 11.0. The molecule has 0 atom stereocenters. The summed E-state index contributed by atoms with van der Waals surface area (Å²) in [7, 11) is -4.35. The Morgan fingerprint density at radius 1 is 1.41 bits per heavy atom. The van der Waals surface area contributed by atoms with E-state index in [-0.39, 0.29) is 17.1 Å². The molecule has 0 bridgehead atoms. The van der Waals surface area contributed by atoms with Gasteiger partial charge in [0.1, 0.15) is 4.90 Å². The Labute approximate surface area is 99.2 Å². The molecular formula is C11H10O5S. The van der Waals surface area contributed by atoms with E-state index in [1.807, 2.05) is 0 Å². The van der Waals surface area contributed by atoms with E-state index in [1.54, 1.807) is 13.0 Å². The first-order chi connectivity index (χ1) is 7.95. The first-order valence-electron chi connectivity index (χ1n) is 4.70. The van der Waals surface area contributed by atoms with Crippen LogP contribution in [0.5, 0.6) is 0 Å². The molecule has 6 heteroatoms. The zero-order valence-electron chi connectivity index (χ0n) is 9.00. The van der Waals surface area contributed by atoms with Crippen LogP contribution in [0.15, 0.2) is 29.2 Å². The van der Waals surface area contributed by atoms with Crippen molar-refractivity contribution >= 4 is 16.1 Å². The van der Waals surface area contributed by atoms with Gasteiger partial charge >= 0.3 is 5.97 Å². The highest BCUT2D eigenvalue weighted by Crippen LogP contribution is 2.13. The predicted octanol–water partition coefficient (Wildman–Crippen LogP) is 0.848. The fourth-order valence-electron chi connectivity index (χ4n) is 1.08. The van der Waals surface area contributed by atoms with Crippen molar-refractivity contribution in [3.8, 4) is 11.8 Å². The average molecular weight is 254 g/mol. The number of hydrogen-bond acceptors (Lipinski definition) is 4. The van der Waals surface area contributed by atoms with Crippen molar-refractivity contribution in [1.29, 1.82) is 0 Å². The highest BCUT2D eigenvalue weighted by molar-refractivity contribution is 7.85. The third-order valence-corrected chi connectivity index (χ3v) is 2.65. The number of ether oxygens (including phenoxy) is 1. The van der Waals surface area contributed by atoms with Crippen LogP contribution < -0.4 is 0 Å². The van der Waals surface area contributed by atoms with E-state index in [1.165, 1.54) is 18.2 Å². The van der Waals surface area contributed by atoms with Crippen LogP contribution in [0.1, 0.15) is 12.5 Å². The second kappa shape index (κ2) is 5.48. The summed E-state index contributed by atoms with van der Waals surface area (Å²) in [5.74, 6) is 3.71. The van der Waals surface area contributed by atoms with E-state index in [0.717, 1.165) is 0 Å². The van der Waals surface area contributed by atoms with Gasteiger partial charge in [-0.25, -0.2) is 4.79 Å². The number of rotatable bonds is 2. The minimum Gasteiger partial charge on any atom is -0.456 e. The number of carbonyl (C=O) groups excluding carboxylic acids is 1. The first-order valence-corrected chi connectivity index (χ1v) is 6.14. The summed E-state index contributed by atoms with van der Waals surface area (Å²) >= 11 is 0. The third-order valence-electron chi connectivity index (χ3n) is 1.74. The summed E-state index contributed by atoms with van der Waals surface area (Å²) in [6.07, 6.45) is 0. The smallest absolute Gasteiger partial charge is 0.384 e. The molecule has 0 unspecified atom stereocenters. The van der Waals surface area contributed by atoms with Crippen LogP contribution in [0.2, 0.25) is 0 Å². The standard InChI is InChI=1S/C11H10O5S/c1-2-16-11(12)8-7-9-5-3-4-6-10(9)17(13,14)15/h3-6H,2H2,1H3,(H,13,14,15). The number of carbonyl (C=O) groups is 1. The van der Waals surface area contributed by atoms with Gasteiger partial charge < -0.3 is 4.74 Å². The molecule has 1 aromatic carbocycles. The Hall–Kier alpha value is -1.84. The van der Waals surface area contributed by atoms with Gasteiger partial charge in [-0.2, -0.15) is 8.42 Å². The van der Waals surface area contributed by atoms with Crippen molar-refractivity contribution in [2.45, 2.75) is 11.8 Å². The highest BCUT2D eigenvalue weighted by Gasteiger charge is 2.13. The average Bonchev–Trinajstić information content (AvgIpc) is 2.26. The van der Waals surface area contributed by atoms with Gasteiger partial charge in [-0.15, -0.1) is 0 Å². The number of benzene rings is 1. The molecule has 0 radical (unpaired) electrons. The van der Waals surface area contributed by atoms with Gasteiger partial charge in [0, 0.05) is 11.5 Å². The van der Waals surface area contributed by atoms with Gasteiger partial charge in [-0.05, 0) is 19.1 Å². The molecule has 17 heavy (non-hydrogen) atoms. The Kier molecular flexibility index (Phi) is 4.26. The van der Waals surface area contributed by atoms with Crippen molar-refractivity contribution in [1.82, 2.24) is 0 Å². The largest absolute Gasteiger partial charge is 0.456 e. The molecule has 1 N–H and O–H groups in total. The van der Waals surface area contributed by atoms with Gasteiger partial charge in [0.05, 0.1) is 6.61 Å². The van der Waals surface area contributed by atoms with E-state index in [2.05, 4.69) is 16.6 Å². The summed E-state index contributed by atoms with van der Waals surface area (Å²) in [6, 6.07) is 5.57. The minimum absolute atomic E-state index is 0.0445. The lowest BCUT2D eigenvalue weighted by molar-refractivity contribution is -0.136. The monoisotopic (exact) mass is 254 g/mol. The van der Waals surface area contributed by atoms with Gasteiger partial charge in [-0.3, -0.25) is 4.55 Å². The molecule has 0 heterocycles. The lowest BCUT2D eigenvalue weighted by Gasteiger charge is -1.99. The van der Waals surface area contributed by atoms with Crippen molar-refractivity contribution in [3.05, 3.63) is 29.8 Å². The van der Waals surface area contributed by atoms with Crippen molar-refractivity contribution in [2.24, 2.45) is 0 Å². The molecular weight excluding hydrogens is 244 g/mol. The Balaban J connectivity index is 3.12. The molecule has 1 rings (SSSR count). The van der Waals surface area contributed by atoms with E-state index >= 15 is 0 Å². The fraction of sp³-hybridized carbons (Fsp3) is 0.182. The Morgan fingerprint density at radius 3 is 2.65 bits per heavy atom. The zero-order chi connectivity index (χ0) is 12.9. The van der Waals surface area contributed by atoms with Crippen molar-refractivity contribution < 1.29 is 22.5 Å². The lowest BCUT2D eigenvalue weighted by Crippen LogP contribution is -2.02. The van der Waals surface area contributed by atoms with E-state index < -0.39 is 16.1 Å². The predicted molar refractivity (Wildman–Crippen MR) is 59.8 cm³/mol. The topological polar surface area (TPSA) is 80.7 Å². The zero-order valence-corrected chi connectivity index (χ0v) is 9.82. The number of esters is 1. The van der Waals surface area contributed by atoms with Crippen molar-refractivity contribution in [2.75, 3.05) is 6.61 Å². The van der Waals surface area contributed by atoms with Gasteiger partial charge in [0.15, 0.2) is 0 Å². The minimum atomic E-state index is -4.35. The molecule has 0 aliphatic heterocycles. The Morgan fingerprint density at radius 2 is 2.06 bits per heavy atom. The molecule has 0 fully saturated rings. The fourth-order valence-corrected chi connectivity index (χ4v) is 1.73. The molecule has 0 saturated heterocycles. The summed E-state index contributed by atoms with van der Waals surface area (Å²) in [5, 5.41) is 0. The molecule has 0 aliphatic carbocycles. The van der Waals surface area contributed by atoms with Crippen LogP contribution >= 0.6 is 0 Å². The van der Waals surface area contributed by atoms with Gasteiger partial charge in [-0.1, -0.05) is 18.1 Å². The van der Waals surface area contributed by atoms with Crippen LogP contribution in [0.4, 0.5) is 0 Å². The molecule has 0 saturated carbocycles.